The molecule has 0 bridgehead atoms. The van der Waals surface area contributed by atoms with Crippen LogP contribution in [0.4, 0.5) is 24.9 Å². The van der Waals surface area contributed by atoms with Gasteiger partial charge in [-0.25, -0.2) is 4.98 Å². The fourth-order valence-corrected chi connectivity index (χ4v) is 3.16. The molecule has 2 aromatic rings. The molecule has 1 aliphatic rings. The summed E-state index contributed by atoms with van der Waals surface area (Å²) >= 11 is 0. The number of aromatic nitrogens is 2. The van der Waals surface area contributed by atoms with E-state index in [2.05, 4.69) is 20.6 Å². The molecule has 0 amide bonds. The van der Waals surface area contributed by atoms with Crippen molar-refractivity contribution in [3.05, 3.63) is 47.7 Å². The zero-order valence-corrected chi connectivity index (χ0v) is 14.5. The minimum Gasteiger partial charge on any atom is -0.370 e. The number of hydrogen-bond donors (Lipinski definition) is 2. The van der Waals surface area contributed by atoms with E-state index >= 15 is 0 Å². The summed E-state index contributed by atoms with van der Waals surface area (Å²) in [5.74, 6) is 0.246. The van der Waals surface area contributed by atoms with Crippen molar-refractivity contribution in [3.8, 4) is 0 Å². The number of benzene rings is 1. The summed E-state index contributed by atoms with van der Waals surface area (Å²) in [6, 6.07) is 10.9. The van der Waals surface area contributed by atoms with Crippen LogP contribution in [-0.4, -0.2) is 22.6 Å². The van der Waals surface area contributed by atoms with Crippen LogP contribution in [0, 0.1) is 0 Å². The highest BCUT2D eigenvalue weighted by Crippen LogP contribution is 2.30. The highest BCUT2D eigenvalue weighted by Gasteiger charge is 2.34. The van der Waals surface area contributed by atoms with Crippen LogP contribution in [0.5, 0.6) is 0 Å². The zero-order chi connectivity index (χ0) is 18.4. The highest BCUT2D eigenvalue weighted by atomic mass is 19.4. The van der Waals surface area contributed by atoms with Crippen molar-refractivity contribution in [2.24, 2.45) is 0 Å². The fraction of sp³-hybridized carbons (Fsp3) is 0.474. The number of hydrogen-bond acceptors (Lipinski definition) is 4. The van der Waals surface area contributed by atoms with E-state index < -0.39 is 11.9 Å². The predicted molar refractivity (Wildman–Crippen MR) is 96.2 cm³/mol. The van der Waals surface area contributed by atoms with Crippen molar-refractivity contribution in [1.29, 1.82) is 0 Å². The lowest BCUT2D eigenvalue weighted by Crippen LogP contribution is -2.24. The largest absolute Gasteiger partial charge is 0.433 e. The molecule has 0 atom stereocenters. The van der Waals surface area contributed by atoms with E-state index in [9.17, 15) is 13.2 Å². The summed E-state index contributed by atoms with van der Waals surface area (Å²) in [4.78, 5) is 7.92. The molecule has 0 saturated heterocycles. The second-order valence-electron chi connectivity index (χ2n) is 6.60. The van der Waals surface area contributed by atoms with Crippen molar-refractivity contribution in [2.45, 2.75) is 50.7 Å². The third-order valence-electron chi connectivity index (χ3n) is 4.52. The Morgan fingerprint density at radius 3 is 2.42 bits per heavy atom. The molecule has 2 N–H and O–H groups in total. The van der Waals surface area contributed by atoms with E-state index in [4.69, 9.17) is 0 Å². The Hall–Kier alpha value is -2.31. The molecule has 4 nitrogen and oxygen atoms in total. The van der Waals surface area contributed by atoms with Gasteiger partial charge in [-0.1, -0.05) is 49.6 Å². The Morgan fingerprint density at radius 2 is 1.73 bits per heavy atom. The first kappa shape index (κ1) is 18.5. The Morgan fingerprint density at radius 1 is 1.00 bits per heavy atom. The van der Waals surface area contributed by atoms with Gasteiger partial charge in [-0.3, -0.25) is 0 Å². The molecule has 3 rings (SSSR count). The van der Waals surface area contributed by atoms with Gasteiger partial charge in [0, 0.05) is 18.7 Å². The summed E-state index contributed by atoms with van der Waals surface area (Å²) in [5.41, 5.74) is 0.193. The molecule has 1 aromatic heterocycles. The second kappa shape index (κ2) is 8.38. The summed E-state index contributed by atoms with van der Waals surface area (Å²) in [6.45, 7) is 0.501. The smallest absolute Gasteiger partial charge is 0.370 e. The van der Waals surface area contributed by atoms with Gasteiger partial charge in [0.2, 0.25) is 5.95 Å². The third kappa shape index (κ3) is 5.34. The normalized spacial score (nSPS) is 15.7. The van der Waals surface area contributed by atoms with Gasteiger partial charge in [-0.15, -0.1) is 0 Å². The van der Waals surface area contributed by atoms with Crippen molar-refractivity contribution >= 4 is 11.8 Å². The Labute approximate surface area is 151 Å². The lowest BCUT2D eigenvalue weighted by molar-refractivity contribution is -0.141. The van der Waals surface area contributed by atoms with Crippen LogP contribution in [0.3, 0.4) is 0 Å². The van der Waals surface area contributed by atoms with E-state index in [-0.39, 0.29) is 17.8 Å². The number of alkyl halides is 3. The van der Waals surface area contributed by atoms with Crippen molar-refractivity contribution in [1.82, 2.24) is 9.97 Å². The average Bonchev–Trinajstić information content (AvgIpc) is 2.63. The van der Waals surface area contributed by atoms with Gasteiger partial charge < -0.3 is 10.6 Å². The molecule has 7 heteroatoms. The van der Waals surface area contributed by atoms with Crippen molar-refractivity contribution in [3.63, 3.8) is 0 Å². The van der Waals surface area contributed by atoms with E-state index in [1.807, 2.05) is 30.3 Å². The van der Waals surface area contributed by atoms with E-state index in [0.29, 0.717) is 13.0 Å². The summed E-state index contributed by atoms with van der Waals surface area (Å²) in [7, 11) is 0. The average molecular weight is 364 g/mol. The first-order valence-corrected chi connectivity index (χ1v) is 9.01. The molecule has 1 heterocycles. The Bertz CT molecular complexity index is 698. The van der Waals surface area contributed by atoms with E-state index in [1.165, 1.54) is 6.42 Å². The van der Waals surface area contributed by atoms with Crippen LogP contribution < -0.4 is 10.6 Å². The number of halogens is 3. The lowest BCUT2D eigenvalue weighted by Gasteiger charge is -2.23. The fourth-order valence-electron chi connectivity index (χ4n) is 3.16. The number of rotatable bonds is 6. The highest BCUT2D eigenvalue weighted by molar-refractivity contribution is 5.43. The number of anilines is 2. The van der Waals surface area contributed by atoms with E-state index in [1.54, 1.807) is 0 Å². The van der Waals surface area contributed by atoms with Gasteiger partial charge in [0.15, 0.2) is 5.69 Å². The van der Waals surface area contributed by atoms with Crippen molar-refractivity contribution < 1.29 is 13.2 Å². The van der Waals surface area contributed by atoms with Gasteiger partial charge in [-0.05, 0) is 24.8 Å². The third-order valence-corrected chi connectivity index (χ3v) is 4.52. The molecule has 1 fully saturated rings. The van der Waals surface area contributed by atoms with Crippen LogP contribution in [0.1, 0.15) is 43.4 Å². The quantitative estimate of drug-likeness (QED) is 0.766. The molecule has 1 saturated carbocycles. The first-order chi connectivity index (χ1) is 12.5. The predicted octanol–water partition coefficient (Wildman–Crippen LogP) is 4.89. The molecule has 1 aliphatic carbocycles. The maximum absolute atomic E-state index is 13.2. The van der Waals surface area contributed by atoms with Crippen LogP contribution >= 0.6 is 0 Å². The molecule has 0 unspecified atom stereocenters. The lowest BCUT2D eigenvalue weighted by atomic mass is 9.96. The first-order valence-electron chi connectivity index (χ1n) is 9.01. The monoisotopic (exact) mass is 364 g/mol. The molecule has 26 heavy (non-hydrogen) atoms. The van der Waals surface area contributed by atoms with Gasteiger partial charge in [0.1, 0.15) is 5.82 Å². The standard InChI is InChI=1S/C19H23F3N4/c20-19(21,22)16-13-17(23-12-11-14-7-3-1-4-8-14)26-18(25-16)24-15-9-5-2-6-10-15/h1,3-4,7-8,13,15H,2,5-6,9-12H2,(H2,23,24,25,26). The molecule has 0 spiro atoms. The van der Waals surface area contributed by atoms with Crippen LogP contribution in [0.15, 0.2) is 36.4 Å². The van der Waals surface area contributed by atoms with Crippen LogP contribution in [0.2, 0.25) is 0 Å². The van der Waals surface area contributed by atoms with Gasteiger partial charge in [0.25, 0.3) is 0 Å². The molecule has 0 radical (unpaired) electrons. The Kier molecular flexibility index (Phi) is 5.96. The van der Waals surface area contributed by atoms with Gasteiger partial charge in [0.05, 0.1) is 0 Å². The molecule has 0 aliphatic heterocycles. The van der Waals surface area contributed by atoms with E-state index in [0.717, 1.165) is 37.3 Å². The van der Waals surface area contributed by atoms with Crippen LogP contribution in [0.25, 0.3) is 0 Å². The van der Waals surface area contributed by atoms with Gasteiger partial charge in [-0.2, -0.15) is 18.2 Å². The molecule has 1 aromatic carbocycles. The molecular weight excluding hydrogens is 341 g/mol. The van der Waals surface area contributed by atoms with Crippen molar-refractivity contribution in [2.75, 3.05) is 17.2 Å². The Balaban J connectivity index is 1.69. The SMILES string of the molecule is FC(F)(F)c1cc(NCCc2ccccc2)nc(NC2CCCCC2)n1. The van der Waals surface area contributed by atoms with Crippen LogP contribution in [-0.2, 0) is 12.6 Å². The second-order valence-corrected chi connectivity index (χ2v) is 6.60. The minimum atomic E-state index is -4.50. The maximum Gasteiger partial charge on any atom is 0.433 e. The minimum absolute atomic E-state index is 0.0499. The molecule has 140 valence electrons. The maximum atomic E-state index is 13.2. The number of nitrogens with one attached hydrogen (secondary N) is 2. The number of nitrogens with zero attached hydrogens (tertiary/aromatic N) is 2. The summed E-state index contributed by atoms with van der Waals surface area (Å²) in [5, 5.41) is 6.07. The summed E-state index contributed by atoms with van der Waals surface area (Å²) < 4.78 is 39.5. The van der Waals surface area contributed by atoms with Gasteiger partial charge >= 0.3 is 6.18 Å². The zero-order valence-electron chi connectivity index (χ0n) is 14.5. The summed E-state index contributed by atoms with van der Waals surface area (Å²) in [6.07, 6.45) is 1.43. The molecular formula is C19H23F3N4. The topological polar surface area (TPSA) is 49.8 Å².